The molecule has 0 radical (unpaired) electrons. The number of aliphatic carboxylic acids is 1. The Morgan fingerprint density at radius 1 is 1.03 bits per heavy atom. The largest absolute Gasteiger partial charge is 0.492 e. The Morgan fingerprint density at radius 3 is 2.28 bits per heavy atom. The quantitative estimate of drug-likeness (QED) is 0.470. The zero-order chi connectivity index (χ0) is 21.2. The SMILES string of the molecule is CCOc1cc(N(C=O)c2ccccc2)c(OCC)cc1NC(=O)/C=C\C(=O)O. The van der Waals surface area contributed by atoms with Crippen molar-refractivity contribution in [3.63, 3.8) is 0 Å². The number of ether oxygens (including phenoxy) is 2. The zero-order valence-corrected chi connectivity index (χ0v) is 16.1. The Kier molecular flexibility index (Phi) is 7.78. The molecule has 0 saturated carbocycles. The van der Waals surface area contributed by atoms with Crippen molar-refractivity contribution in [1.82, 2.24) is 0 Å². The number of anilines is 3. The number of nitrogens with one attached hydrogen (secondary N) is 1. The molecule has 0 unspecified atom stereocenters. The summed E-state index contributed by atoms with van der Waals surface area (Å²) in [5, 5.41) is 11.2. The van der Waals surface area contributed by atoms with Gasteiger partial charge in [0.2, 0.25) is 12.3 Å². The first kappa shape index (κ1) is 21.5. The van der Waals surface area contributed by atoms with Gasteiger partial charge in [-0.05, 0) is 26.0 Å². The van der Waals surface area contributed by atoms with E-state index >= 15 is 0 Å². The van der Waals surface area contributed by atoms with Gasteiger partial charge in [0, 0.05) is 30.0 Å². The Balaban J connectivity index is 2.51. The van der Waals surface area contributed by atoms with Crippen LogP contribution in [0.2, 0.25) is 0 Å². The maximum atomic E-state index is 12.0. The molecule has 0 aliphatic rings. The maximum absolute atomic E-state index is 12.0. The normalized spacial score (nSPS) is 10.4. The molecule has 0 aliphatic heterocycles. The molecule has 152 valence electrons. The van der Waals surface area contributed by atoms with Gasteiger partial charge in [-0.15, -0.1) is 0 Å². The topological polar surface area (TPSA) is 105 Å². The molecule has 0 aromatic heterocycles. The summed E-state index contributed by atoms with van der Waals surface area (Å²) in [5.74, 6) is -1.21. The third-order valence-corrected chi connectivity index (χ3v) is 3.70. The van der Waals surface area contributed by atoms with Gasteiger partial charge in [0.15, 0.2) is 0 Å². The van der Waals surface area contributed by atoms with Gasteiger partial charge in [-0.2, -0.15) is 0 Å². The molecule has 0 atom stereocenters. The molecule has 0 aliphatic carbocycles. The van der Waals surface area contributed by atoms with E-state index in [9.17, 15) is 14.4 Å². The summed E-state index contributed by atoms with van der Waals surface area (Å²) in [6, 6.07) is 12.1. The van der Waals surface area contributed by atoms with Crippen LogP contribution in [0.3, 0.4) is 0 Å². The highest BCUT2D eigenvalue weighted by molar-refractivity contribution is 6.03. The van der Waals surface area contributed by atoms with Gasteiger partial charge in [-0.25, -0.2) is 4.79 Å². The van der Waals surface area contributed by atoms with Gasteiger partial charge >= 0.3 is 5.97 Å². The summed E-state index contributed by atoms with van der Waals surface area (Å²) in [5.41, 5.74) is 1.36. The lowest BCUT2D eigenvalue weighted by atomic mass is 10.2. The minimum Gasteiger partial charge on any atom is -0.492 e. The average molecular weight is 398 g/mol. The Labute approximate surface area is 168 Å². The van der Waals surface area contributed by atoms with E-state index in [0.29, 0.717) is 42.5 Å². The minimum atomic E-state index is -1.24. The second kappa shape index (κ2) is 10.5. The van der Waals surface area contributed by atoms with Crippen LogP contribution in [-0.2, 0) is 14.4 Å². The van der Waals surface area contributed by atoms with Crippen LogP contribution >= 0.6 is 0 Å². The number of carboxylic acid groups (broad SMARTS) is 1. The summed E-state index contributed by atoms with van der Waals surface area (Å²) in [7, 11) is 0. The number of carbonyl (C=O) groups excluding carboxylic acids is 2. The van der Waals surface area contributed by atoms with E-state index in [1.54, 1.807) is 44.2 Å². The van der Waals surface area contributed by atoms with Crippen LogP contribution < -0.4 is 19.7 Å². The minimum absolute atomic E-state index is 0.290. The van der Waals surface area contributed by atoms with Gasteiger partial charge in [0.05, 0.1) is 24.6 Å². The third-order valence-electron chi connectivity index (χ3n) is 3.70. The molecule has 29 heavy (non-hydrogen) atoms. The summed E-state index contributed by atoms with van der Waals surface area (Å²) in [6.07, 6.45) is 2.29. The van der Waals surface area contributed by atoms with Crippen LogP contribution in [0.25, 0.3) is 0 Å². The average Bonchev–Trinajstić information content (AvgIpc) is 2.71. The molecule has 8 heteroatoms. The van der Waals surface area contributed by atoms with Crippen LogP contribution in [0.15, 0.2) is 54.6 Å². The predicted octanol–water partition coefficient (Wildman–Crippen LogP) is 3.36. The van der Waals surface area contributed by atoms with E-state index in [2.05, 4.69) is 5.32 Å². The molecular weight excluding hydrogens is 376 g/mol. The number of rotatable bonds is 10. The van der Waals surface area contributed by atoms with Crippen LogP contribution in [0.4, 0.5) is 17.1 Å². The fraction of sp³-hybridized carbons (Fsp3) is 0.190. The molecule has 0 spiro atoms. The molecule has 0 fully saturated rings. The van der Waals surface area contributed by atoms with E-state index in [-0.39, 0.29) is 5.69 Å². The zero-order valence-electron chi connectivity index (χ0n) is 16.1. The van der Waals surface area contributed by atoms with Crippen molar-refractivity contribution < 1.29 is 29.0 Å². The third kappa shape index (κ3) is 5.83. The van der Waals surface area contributed by atoms with Gasteiger partial charge in [-0.1, -0.05) is 18.2 Å². The molecule has 0 heterocycles. The first-order chi connectivity index (χ1) is 14.0. The van der Waals surface area contributed by atoms with Crippen LogP contribution in [0.1, 0.15) is 13.8 Å². The molecule has 2 N–H and O–H groups in total. The summed E-state index contributed by atoms with van der Waals surface area (Å²) in [4.78, 5) is 35.9. The lowest BCUT2D eigenvalue weighted by Gasteiger charge is -2.23. The number of amides is 2. The Morgan fingerprint density at radius 2 is 1.69 bits per heavy atom. The van der Waals surface area contributed by atoms with E-state index in [4.69, 9.17) is 14.6 Å². The van der Waals surface area contributed by atoms with Gasteiger partial charge in [0.25, 0.3) is 0 Å². The number of carbonyl (C=O) groups is 3. The molecule has 0 saturated heterocycles. The monoisotopic (exact) mass is 398 g/mol. The summed E-state index contributed by atoms with van der Waals surface area (Å²) >= 11 is 0. The number of carboxylic acids is 1. The van der Waals surface area contributed by atoms with E-state index in [1.165, 1.54) is 11.0 Å². The molecular formula is C21H22N2O6. The van der Waals surface area contributed by atoms with Crippen molar-refractivity contribution in [2.45, 2.75) is 13.8 Å². The smallest absolute Gasteiger partial charge is 0.328 e. The maximum Gasteiger partial charge on any atom is 0.328 e. The molecule has 2 rings (SSSR count). The van der Waals surface area contributed by atoms with Crippen molar-refractivity contribution in [3.8, 4) is 11.5 Å². The van der Waals surface area contributed by atoms with Crippen LogP contribution in [-0.4, -0.2) is 36.6 Å². The van der Waals surface area contributed by atoms with Crippen LogP contribution in [0.5, 0.6) is 11.5 Å². The van der Waals surface area contributed by atoms with Crippen molar-refractivity contribution in [2.24, 2.45) is 0 Å². The lowest BCUT2D eigenvalue weighted by Crippen LogP contribution is -2.17. The van der Waals surface area contributed by atoms with Crippen molar-refractivity contribution in [2.75, 3.05) is 23.4 Å². The Hall–Kier alpha value is -3.81. The van der Waals surface area contributed by atoms with Gasteiger partial charge in [-0.3, -0.25) is 14.5 Å². The number of hydrogen-bond acceptors (Lipinski definition) is 5. The standard InChI is InChI=1S/C21H22N2O6/c1-3-28-18-13-17(23(14-24)15-8-6-5-7-9-15)19(29-4-2)12-16(18)22-20(25)10-11-21(26)27/h5-14H,3-4H2,1-2H3,(H,22,25)(H,26,27)/b11-10-. The van der Waals surface area contributed by atoms with Crippen molar-refractivity contribution >= 4 is 35.3 Å². The van der Waals surface area contributed by atoms with Gasteiger partial charge in [0.1, 0.15) is 11.5 Å². The second-order valence-corrected chi connectivity index (χ2v) is 5.65. The highest BCUT2D eigenvalue weighted by Gasteiger charge is 2.19. The van der Waals surface area contributed by atoms with Crippen molar-refractivity contribution in [3.05, 3.63) is 54.6 Å². The number of benzene rings is 2. The highest BCUT2D eigenvalue weighted by Crippen LogP contribution is 2.41. The first-order valence-corrected chi connectivity index (χ1v) is 8.95. The van der Waals surface area contributed by atoms with E-state index in [0.717, 1.165) is 12.2 Å². The summed E-state index contributed by atoms with van der Waals surface area (Å²) < 4.78 is 11.3. The summed E-state index contributed by atoms with van der Waals surface area (Å²) in [6.45, 7) is 4.21. The molecule has 2 amide bonds. The second-order valence-electron chi connectivity index (χ2n) is 5.65. The van der Waals surface area contributed by atoms with E-state index < -0.39 is 11.9 Å². The Bertz CT molecular complexity index is 896. The highest BCUT2D eigenvalue weighted by atomic mass is 16.5. The number of nitrogens with zero attached hydrogens (tertiary/aromatic N) is 1. The fourth-order valence-electron chi connectivity index (χ4n) is 2.55. The molecule has 2 aromatic rings. The van der Waals surface area contributed by atoms with Crippen molar-refractivity contribution in [1.29, 1.82) is 0 Å². The molecule has 8 nitrogen and oxygen atoms in total. The molecule has 2 aromatic carbocycles. The predicted molar refractivity (Wildman–Crippen MR) is 109 cm³/mol. The molecule has 0 bridgehead atoms. The fourth-order valence-corrected chi connectivity index (χ4v) is 2.55. The van der Waals surface area contributed by atoms with Gasteiger partial charge < -0.3 is 19.9 Å². The van der Waals surface area contributed by atoms with Crippen LogP contribution in [0, 0.1) is 0 Å². The first-order valence-electron chi connectivity index (χ1n) is 8.95. The lowest BCUT2D eigenvalue weighted by molar-refractivity contribution is -0.131. The van der Waals surface area contributed by atoms with E-state index in [1.807, 2.05) is 6.07 Å². The number of para-hydroxylation sites is 1. The number of hydrogen-bond donors (Lipinski definition) is 2.